The molecule has 4 nitrogen and oxygen atoms in total. The molecule has 3 atom stereocenters. The van der Waals surface area contributed by atoms with Gasteiger partial charge < -0.3 is 15.8 Å². The Labute approximate surface area is 123 Å². The monoisotopic (exact) mass is 279 g/mol. The van der Waals surface area contributed by atoms with E-state index in [2.05, 4.69) is 43.7 Å². The van der Waals surface area contributed by atoms with Gasteiger partial charge >= 0.3 is 0 Å². The van der Waals surface area contributed by atoms with E-state index in [1.54, 1.807) is 13.4 Å². The first-order chi connectivity index (χ1) is 9.51. The first kappa shape index (κ1) is 16.8. The van der Waals surface area contributed by atoms with Gasteiger partial charge in [-0.05, 0) is 30.6 Å². The molecule has 1 rings (SSSR count). The molecule has 0 fully saturated rings. The van der Waals surface area contributed by atoms with Crippen LogP contribution in [0.15, 0.2) is 29.0 Å². The third-order valence-corrected chi connectivity index (χ3v) is 4.02. The molecule has 0 aliphatic carbocycles. The lowest BCUT2D eigenvalue weighted by molar-refractivity contribution is 0.190. The van der Waals surface area contributed by atoms with E-state index in [0.717, 1.165) is 24.2 Å². The van der Waals surface area contributed by atoms with Crippen molar-refractivity contribution in [1.82, 2.24) is 5.32 Å². The highest BCUT2D eigenvalue weighted by Gasteiger charge is 2.23. The van der Waals surface area contributed by atoms with Crippen molar-refractivity contribution >= 4 is 6.34 Å². The van der Waals surface area contributed by atoms with Crippen LogP contribution in [-0.2, 0) is 4.74 Å². The predicted octanol–water partition coefficient (Wildman–Crippen LogP) is 2.68. The summed E-state index contributed by atoms with van der Waals surface area (Å²) in [4.78, 5) is 4.39. The van der Waals surface area contributed by atoms with E-state index in [0.29, 0.717) is 24.4 Å². The molecule has 0 saturated heterocycles. The van der Waals surface area contributed by atoms with E-state index in [9.17, 15) is 0 Å². The van der Waals surface area contributed by atoms with Gasteiger partial charge in [0.05, 0.1) is 18.1 Å². The number of methoxy groups -OCH3 is 1. The minimum Gasteiger partial charge on any atom is -0.399 e. The van der Waals surface area contributed by atoms with Gasteiger partial charge in [-0.3, -0.25) is 4.99 Å². The molecule has 114 valence electrons. The normalized spacial score (nSPS) is 21.8. The number of nitrogens with two attached hydrogens (primary N) is 1. The Morgan fingerprint density at radius 2 is 2.20 bits per heavy atom. The van der Waals surface area contributed by atoms with Crippen LogP contribution in [0.25, 0.3) is 0 Å². The number of nitrogens with one attached hydrogen (secondary N) is 1. The minimum atomic E-state index is 0.0413. The third kappa shape index (κ3) is 4.37. The van der Waals surface area contributed by atoms with Gasteiger partial charge in [0.15, 0.2) is 0 Å². The van der Waals surface area contributed by atoms with Gasteiger partial charge in [-0.1, -0.05) is 26.8 Å². The Balaban J connectivity index is 2.72. The van der Waals surface area contributed by atoms with E-state index in [4.69, 9.17) is 10.5 Å². The number of nitrogens with zero attached hydrogens (tertiary/aromatic N) is 1. The molecule has 0 amide bonds. The number of aliphatic imine (C=N–C) groups is 1. The van der Waals surface area contributed by atoms with Crippen molar-refractivity contribution in [3.05, 3.63) is 24.0 Å². The first-order valence-electron chi connectivity index (χ1n) is 7.39. The van der Waals surface area contributed by atoms with E-state index >= 15 is 0 Å². The maximum atomic E-state index is 6.25. The van der Waals surface area contributed by atoms with Crippen LogP contribution >= 0.6 is 0 Å². The lowest BCUT2D eigenvalue weighted by Crippen LogP contribution is -2.32. The zero-order chi connectivity index (χ0) is 15.1. The highest BCUT2D eigenvalue weighted by Crippen LogP contribution is 2.28. The third-order valence-electron chi connectivity index (χ3n) is 4.02. The predicted molar refractivity (Wildman–Crippen MR) is 85.4 cm³/mol. The fourth-order valence-corrected chi connectivity index (χ4v) is 2.83. The van der Waals surface area contributed by atoms with Crippen LogP contribution in [0.5, 0.6) is 0 Å². The van der Waals surface area contributed by atoms with Crippen LogP contribution in [-0.4, -0.2) is 26.1 Å². The zero-order valence-corrected chi connectivity index (χ0v) is 13.2. The standard InChI is InChI=1S/C16H29N3O/c1-6-13(11(2)3)12(4)9-15-16(17)14(7-8-20-5)18-10-19-15/h6,10-14H,1,7-9,17H2,2-5H3,(H,18,19). The van der Waals surface area contributed by atoms with Gasteiger partial charge in [0, 0.05) is 19.4 Å². The van der Waals surface area contributed by atoms with E-state index in [1.807, 2.05) is 0 Å². The molecule has 0 aromatic heterocycles. The van der Waals surface area contributed by atoms with Crippen molar-refractivity contribution in [2.75, 3.05) is 13.7 Å². The van der Waals surface area contributed by atoms with Crippen molar-refractivity contribution < 1.29 is 4.74 Å². The summed E-state index contributed by atoms with van der Waals surface area (Å²) in [5.41, 5.74) is 8.20. The Bertz CT molecular complexity index is 374. The topological polar surface area (TPSA) is 59.6 Å². The Kier molecular flexibility index (Phi) is 6.79. The zero-order valence-electron chi connectivity index (χ0n) is 13.2. The molecule has 0 aromatic carbocycles. The molecule has 1 heterocycles. The van der Waals surface area contributed by atoms with Gasteiger partial charge in [-0.25, -0.2) is 0 Å². The number of ether oxygens (including phenoxy) is 1. The summed E-state index contributed by atoms with van der Waals surface area (Å²) in [6.07, 6.45) is 5.58. The second kappa shape index (κ2) is 8.10. The van der Waals surface area contributed by atoms with Gasteiger partial charge in [0.1, 0.15) is 0 Å². The molecule has 1 aliphatic rings. The van der Waals surface area contributed by atoms with E-state index < -0.39 is 0 Å². The second-order valence-electron chi connectivity index (χ2n) is 5.89. The number of rotatable bonds is 8. The van der Waals surface area contributed by atoms with Crippen LogP contribution in [0, 0.1) is 17.8 Å². The maximum Gasteiger partial charge on any atom is 0.0949 e. The van der Waals surface area contributed by atoms with Crippen molar-refractivity contribution in [3.63, 3.8) is 0 Å². The van der Waals surface area contributed by atoms with E-state index in [-0.39, 0.29) is 6.04 Å². The molecule has 4 heteroatoms. The van der Waals surface area contributed by atoms with Gasteiger partial charge in [0.2, 0.25) is 0 Å². The summed E-state index contributed by atoms with van der Waals surface area (Å²) < 4.78 is 5.11. The Morgan fingerprint density at radius 3 is 2.75 bits per heavy atom. The average Bonchev–Trinajstić information content (AvgIpc) is 2.40. The molecule has 20 heavy (non-hydrogen) atoms. The highest BCUT2D eigenvalue weighted by molar-refractivity contribution is 5.60. The van der Waals surface area contributed by atoms with Crippen LogP contribution in [0.1, 0.15) is 33.6 Å². The van der Waals surface area contributed by atoms with Crippen molar-refractivity contribution in [2.45, 2.75) is 39.7 Å². The van der Waals surface area contributed by atoms with Gasteiger partial charge in [0.25, 0.3) is 0 Å². The molecule has 3 unspecified atom stereocenters. The molecule has 0 radical (unpaired) electrons. The summed E-state index contributed by atoms with van der Waals surface area (Å²) in [7, 11) is 1.70. The SMILES string of the molecule is C=CC(C(C)C)C(C)CC1=C(N)C(CCOC)N=CN1. The minimum absolute atomic E-state index is 0.0413. The summed E-state index contributed by atoms with van der Waals surface area (Å²) in [6, 6.07) is 0.0413. The number of hydrogen-bond donors (Lipinski definition) is 2. The Hall–Kier alpha value is -1.29. The molecule has 0 spiro atoms. The quantitative estimate of drug-likeness (QED) is 0.672. The Morgan fingerprint density at radius 1 is 1.50 bits per heavy atom. The molecular weight excluding hydrogens is 250 g/mol. The number of allylic oxidation sites excluding steroid dienone is 2. The first-order valence-corrected chi connectivity index (χ1v) is 7.39. The molecule has 0 aromatic rings. The van der Waals surface area contributed by atoms with Gasteiger partial charge in [-0.2, -0.15) is 0 Å². The largest absolute Gasteiger partial charge is 0.399 e. The van der Waals surface area contributed by atoms with Crippen molar-refractivity contribution in [1.29, 1.82) is 0 Å². The van der Waals surface area contributed by atoms with Crippen LogP contribution < -0.4 is 11.1 Å². The summed E-state index contributed by atoms with van der Waals surface area (Å²) in [6.45, 7) is 11.4. The highest BCUT2D eigenvalue weighted by atomic mass is 16.5. The summed E-state index contributed by atoms with van der Waals surface area (Å²) in [5, 5.41) is 3.21. The lowest BCUT2D eigenvalue weighted by Gasteiger charge is -2.28. The maximum absolute atomic E-state index is 6.25. The molecule has 1 aliphatic heterocycles. The lowest BCUT2D eigenvalue weighted by atomic mass is 9.81. The molecule has 0 bridgehead atoms. The molecule has 3 N–H and O–H groups in total. The van der Waals surface area contributed by atoms with Crippen LogP contribution in [0.4, 0.5) is 0 Å². The summed E-state index contributed by atoms with van der Waals surface area (Å²) in [5.74, 6) is 1.59. The van der Waals surface area contributed by atoms with Gasteiger partial charge in [-0.15, -0.1) is 6.58 Å². The summed E-state index contributed by atoms with van der Waals surface area (Å²) >= 11 is 0. The van der Waals surface area contributed by atoms with Crippen molar-refractivity contribution in [3.8, 4) is 0 Å². The molecular formula is C16H29N3O. The van der Waals surface area contributed by atoms with Crippen LogP contribution in [0.2, 0.25) is 0 Å². The smallest absolute Gasteiger partial charge is 0.0949 e. The van der Waals surface area contributed by atoms with E-state index in [1.165, 1.54) is 0 Å². The van der Waals surface area contributed by atoms with Crippen LogP contribution in [0.3, 0.4) is 0 Å². The fraction of sp³-hybridized carbons (Fsp3) is 0.688. The average molecular weight is 279 g/mol. The number of hydrogen-bond acceptors (Lipinski definition) is 4. The second-order valence-corrected chi connectivity index (χ2v) is 5.89. The molecule has 0 saturated carbocycles. The van der Waals surface area contributed by atoms with Crippen molar-refractivity contribution in [2.24, 2.45) is 28.5 Å². The fourth-order valence-electron chi connectivity index (χ4n) is 2.83.